The lowest BCUT2D eigenvalue weighted by Crippen LogP contribution is -2.07. The van der Waals surface area contributed by atoms with Gasteiger partial charge in [-0.2, -0.15) is 13.2 Å². The molecule has 0 radical (unpaired) electrons. The van der Waals surface area contributed by atoms with Crippen molar-refractivity contribution in [2.45, 2.75) is 12.8 Å². The number of aromatic carboxylic acids is 1. The lowest BCUT2D eigenvalue weighted by atomic mass is 10.2. The number of aromatic nitrogens is 1. The Balaban J connectivity index is 2.11. The van der Waals surface area contributed by atoms with E-state index in [2.05, 4.69) is 4.98 Å². The van der Waals surface area contributed by atoms with E-state index in [1.807, 2.05) is 0 Å². The van der Waals surface area contributed by atoms with E-state index >= 15 is 0 Å². The number of benzene rings is 1. The first kappa shape index (κ1) is 16.1. The Hall–Kier alpha value is -2.28. The van der Waals surface area contributed by atoms with Crippen molar-refractivity contribution in [2.24, 2.45) is 0 Å². The van der Waals surface area contributed by atoms with Crippen molar-refractivity contribution in [3.05, 3.63) is 58.4 Å². The molecule has 0 bridgehead atoms. The molecule has 0 atom stereocenters. The molecule has 22 heavy (non-hydrogen) atoms. The average Bonchev–Trinajstić information content (AvgIpc) is 2.44. The summed E-state index contributed by atoms with van der Waals surface area (Å²) in [6.07, 6.45) is -4.53. The molecule has 1 aromatic carbocycles. The van der Waals surface area contributed by atoms with E-state index in [9.17, 15) is 18.0 Å². The van der Waals surface area contributed by atoms with Crippen LogP contribution in [0.4, 0.5) is 13.2 Å². The van der Waals surface area contributed by atoms with E-state index in [4.69, 9.17) is 21.4 Å². The van der Waals surface area contributed by atoms with E-state index < -0.39 is 22.7 Å². The number of rotatable bonds is 4. The first-order valence-electron chi connectivity index (χ1n) is 5.96. The topological polar surface area (TPSA) is 59.4 Å². The highest BCUT2D eigenvalue weighted by molar-refractivity contribution is 6.31. The molecule has 4 nitrogen and oxygen atoms in total. The molecule has 0 saturated carbocycles. The fraction of sp³-hybridized carbons (Fsp3) is 0.143. The molecule has 0 aliphatic rings. The summed E-state index contributed by atoms with van der Waals surface area (Å²) in [5, 5.41) is 8.34. The van der Waals surface area contributed by atoms with Gasteiger partial charge in [-0.25, -0.2) is 9.78 Å². The third-order valence-electron chi connectivity index (χ3n) is 2.66. The second-order valence-corrected chi connectivity index (χ2v) is 4.65. The van der Waals surface area contributed by atoms with Gasteiger partial charge in [0.2, 0.25) is 0 Å². The lowest BCUT2D eigenvalue weighted by molar-refractivity contribution is -0.137. The molecule has 116 valence electrons. The van der Waals surface area contributed by atoms with Crippen molar-refractivity contribution in [3.63, 3.8) is 0 Å². The normalized spacial score (nSPS) is 11.3. The molecule has 0 unspecified atom stereocenters. The van der Waals surface area contributed by atoms with Crippen molar-refractivity contribution in [3.8, 4) is 5.75 Å². The molecule has 0 aliphatic carbocycles. The first-order valence-corrected chi connectivity index (χ1v) is 6.34. The number of hydrogen-bond donors (Lipinski definition) is 1. The van der Waals surface area contributed by atoms with Gasteiger partial charge in [0.1, 0.15) is 18.1 Å². The average molecular weight is 332 g/mol. The maximum absolute atomic E-state index is 12.6. The minimum atomic E-state index is -4.53. The van der Waals surface area contributed by atoms with Gasteiger partial charge in [0.15, 0.2) is 0 Å². The van der Waals surface area contributed by atoms with Gasteiger partial charge in [0.25, 0.3) is 0 Å². The minimum Gasteiger partial charge on any atom is -0.487 e. The summed E-state index contributed by atoms with van der Waals surface area (Å²) in [4.78, 5) is 14.6. The molecule has 0 saturated heterocycles. The molecule has 8 heteroatoms. The van der Waals surface area contributed by atoms with E-state index in [0.29, 0.717) is 5.69 Å². The Morgan fingerprint density at radius 1 is 1.27 bits per heavy atom. The van der Waals surface area contributed by atoms with Gasteiger partial charge >= 0.3 is 12.1 Å². The minimum absolute atomic E-state index is 0.0944. The largest absolute Gasteiger partial charge is 0.487 e. The molecule has 1 heterocycles. The number of hydrogen-bond acceptors (Lipinski definition) is 3. The molecule has 2 rings (SSSR count). The Morgan fingerprint density at radius 2 is 2.00 bits per heavy atom. The number of halogens is 4. The highest BCUT2D eigenvalue weighted by Crippen LogP contribution is 2.36. The van der Waals surface area contributed by atoms with Crippen LogP contribution in [0.15, 0.2) is 36.4 Å². The summed E-state index contributed by atoms with van der Waals surface area (Å²) in [5.41, 5.74) is -0.769. The highest BCUT2D eigenvalue weighted by atomic mass is 35.5. The van der Waals surface area contributed by atoms with Crippen molar-refractivity contribution in [1.29, 1.82) is 0 Å². The molecular formula is C14H9ClF3NO3. The molecule has 0 amide bonds. The lowest BCUT2D eigenvalue weighted by Gasteiger charge is -2.11. The third-order valence-corrected chi connectivity index (χ3v) is 2.97. The molecule has 1 aromatic heterocycles. The maximum atomic E-state index is 12.6. The first-order chi connectivity index (χ1) is 10.3. The van der Waals surface area contributed by atoms with Gasteiger partial charge in [-0.15, -0.1) is 0 Å². The van der Waals surface area contributed by atoms with Crippen LogP contribution in [-0.4, -0.2) is 16.1 Å². The molecule has 0 fully saturated rings. The van der Waals surface area contributed by atoms with Gasteiger partial charge < -0.3 is 9.84 Å². The van der Waals surface area contributed by atoms with Gasteiger partial charge in [-0.3, -0.25) is 0 Å². The summed E-state index contributed by atoms with van der Waals surface area (Å²) in [6.45, 7) is -0.0944. The predicted molar refractivity (Wildman–Crippen MR) is 72.0 cm³/mol. The van der Waals surface area contributed by atoms with Gasteiger partial charge in [-0.1, -0.05) is 17.7 Å². The van der Waals surface area contributed by atoms with Crippen LogP contribution in [0.5, 0.6) is 5.75 Å². The summed E-state index contributed by atoms with van der Waals surface area (Å²) in [5.74, 6) is -1.06. The smallest absolute Gasteiger partial charge is 0.417 e. The summed E-state index contributed by atoms with van der Waals surface area (Å²) < 4.78 is 42.9. The fourth-order valence-corrected chi connectivity index (χ4v) is 1.93. The Labute approximate surface area is 128 Å². The van der Waals surface area contributed by atoms with Crippen LogP contribution in [0.25, 0.3) is 0 Å². The van der Waals surface area contributed by atoms with E-state index in [1.54, 1.807) is 0 Å². The number of nitrogens with zero attached hydrogens (tertiary/aromatic N) is 1. The number of carbonyl (C=O) groups is 1. The molecule has 0 spiro atoms. The van der Waals surface area contributed by atoms with E-state index in [1.165, 1.54) is 18.2 Å². The van der Waals surface area contributed by atoms with E-state index in [-0.39, 0.29) is 18.1 Å². The second kappa shape index (κ2) is 6.23. The zero-order chi connectivity index (χ0) is 16.3. The fourth-order valence-electron chi connectivity index (χ4n) is 1.65. The van der Waals surface area contributed by atoms with E-state index in [0.717, 1.165) is 18.2 Å². The van der Waals surface area contributed by atoms with Crippen LogP contribution in [0.1, 0.15) is 21.7 Å². The summed E-state index contributed by atoms with van der Waals surface area (Å²) in [6, 6.07) is 7.35. The van der Waals surface area contributed by atoms with Crippen LogP contribution < -0.4 is 4.74 Å². The van der Waals surface area contributed by atoms with Crippen molar-refractivity contribution in [1.82, 2.24) is 4.98 Å². The van der Waals surface area contributed by atoms with Crippen molar-refractivity contribution < 1.29 is 27.8 Å². The second-order valence-electron chi connectivity index (χ2n) is 4.25. The number of carboxylic acids is 1. The molecule has 1 N–H and O–H groups in total. The van der Waals surface area contributed by atoms with Gasteiger partial charge in [0, 0.05) is 0 Å². The highest BCUT2D eigenvalue weighted by Gasteiger charge is 2.33. The number of ether oxygens (including phenoxy) is 1. The standard InChI is InChI=1S/C14H9ClF3NO3/c15-11-6-9(4-5-10(11)14(16,17)18)22-7-8-2-1-3-12(19-8)13(20)21/h1-6H,7H2,(H,20,21). The zero-order valence-corrected chi connectivity index (χ0v) is 11.6. The van der Waals surface area contributed by atoms with Gasteiger partial charge in [-0.05, 0) is 30.3 Å². The summed E-state index contributed by atoms with van der Waals surface area (Å²) >= 11 is 5.57. The number of pyridine rings is 1. The van der Waals surface area contributed by atoms with Crippen LogP contribution in [0.2, 0.25) is 5.02 Å². The van der Waals surface area contributed by atoms with Crippen molar-refractivity contribution >= 4 is 17.6 Å². The quantitative estimate of drug-likeness (QED) is 0.919. The Morgan fingerprint density at radius 3 is 2.59 bits per heavy atom. The SMILES string of the molecule is O=C(O)c1cccc(COc2ccc(C(F)(F)F)c(Cl)c2)n1. The maximum Gasteiger partial charge on any atom is 0.417 e. The van der Waals surface area contributed by atoms with Crippen LogP contribution in [-0.2, 0) is 12.8 Å². The number of alkyl halides is 3. The van der Waals surface area contributed by atoms with Gasteiger partial charge in [0.05, 0.1) is 16.3 Å². The van der Waals surface area contributed by atoms with Crippen LogP contribution in [0.3, 0.4) is 0 Å². The van der Waals surface area contributed by atoms with Crippen molar-refractivity contribution in [2.75, 3.05) is 0 Å². The van der Waals surface area contributed by atoms with Crippen LogP contribution in [0, 0.1) is 0 Å². The monoisotopic (exact) mass is 331 g/mol. The molecular weight excluding hydrogens is 323 g/mol. The van der Waals surface area contributed by atoms with Crippen LogP contribution >= 0.6 is 11.6 Å². The third kappa shape index (κ3) is 3.88. The Kier molecular flexibility index (Phi) is 4.56. The zero-order valence-electron chi connectivity index (χ0n) is 10.9. The Bertz CT molecular complexity index is 704. The summed E-state index contributed by atoms with van der Waals surface area (Å²) in [7, 11) is 0. The molecule has 0 aliphatic heterocycles. The molecule has 2 aromatic rings. The predicted octanol–water partition coefficient (Wildman–Crippen LogP) is 4.03. The number of carboxylic acid groups (broad SMARTS) is 1.